The number of anilines is 1. The molecule has 32 heavy (non-hydrogen) atoms. The highest BCUT2D eigenvalue weighted by molar-refractivity contribution is 6.09. The maximum absolute atomic E-state index is 13.1. The molecule has 0 aliphatic carbocycles. The minimum Gasteiger partial charge on any atom is -0.493 e. The van der Waals surface area contributed by atoms with Crippen LogP contribution >= 0.6 is 0 Å². The van der Waals surface area contributed by atoms with Gasteiger partial charge in [-0.3, -0.25) is 4.57 Å². The molecule has 1 unspecified atom stereocenters. The number of fused-ring (bicyclic) bond motifs is 2. The van der Waals surface area contributed by atoms with Crippen LogP contribution in [-0.4, -0.2) is 41.3 Å². The Morgan fingerprint density at radius 1 is 1.06 bits per heavy atom. The number of methoxy groups -OCH3 is 2. The second-order valence-corrected chi connectivity index (χ2v) is 7.63. The van der Waals surface area contributed by atoms with E-state index in [-0.39, 0.29) is 17.3 Å². The molecular formula is C24H26N4O4. The van der Waals surface area contributed by atoms with Crippen molar-refractivity contribution < 1.29 is 19.0 Å². The van der Waals surface area contributed by atoms with Crippen LogP contribution < -0.4 is 15.2 Å². The predicted molar refractivity (Wildman–Crippen MR) is 124 cm³/mol. The third kappa shape index (κ3) is 3.68. The van der Waals surface area contributed by atoms with Crippen molar-refractivity contribution in [2.75, 3.05) is 26.6 Å². The molecule has 4 rings (SSSR count). The smallest absolute Gasteiger partial charge is 0.344 e. The zero-order valence-electron chi connectivity index (χ0n) is 18.6. The average Bonchev–Trinajstić information content (AvgIpc) is 3.10. The highest BCUT2D eigenvalue weighted by atomic mass is 16.5. The van der Waals surface area contributed by atoms with E-state index in [1.165, 1.54) is 0 Å². The maximum atomic E-state index is 13.1. The SMILES string of the molecule is CCC(C)COC(=O)c1c(N)n(-c2ccc(OC)c(OC)c2)c2nc3ccccc3nc12. The van der Waals surface area contributed by atoms with Gasteiger partial charge in [0.15, 0.2) is 17.1 Å². The van der Waals surface area contributed by atoms with E-state index in [1.54, 1.807) is 30.9 Å². The highest BCUT2D eigenvalue weighted by Gasteiger charge is 2.26. The van der Waals surface area contributed by atoms with Crippen molar-refractivity contribution in [1.29, 1.82) is 0 Å². The van der Waals surface area contributed by atoms with Crippen LogP contribution in [0.1, 0.15) is 30.6 Å². The number of hydrogen-bond acceptors (Lipinski definition) is 7. The third-order valence-electron chi connectivity index (χ3n) is 5.52. The molecule has 0 saturated heterocycles. The number of carbonyl (C=O) groups is 1. The van der Waals surface area contributed by atoms with Gasteiger partial charge in [-0.15, -0.1) is 0 Å². The number of aromatic nitrogens is 3. The summed E-state index contributed by atoms with van der Waals surface area (Å²) in [5.41, 5.74) is 9.61. The molecule has 0 amide bonds. The van der Waals surface area contributed by atoms with E-state index in [2.05, 4.69) is 0 Å². The second-order valence-electron chi connectivity index (χ2n) is 7.63. The molecule has 2 N–H and O–H groups in total. The molecule has 4 aromatic rings. The Morgan fingerprint density at radius 2 is 1.75 bits per heavy atom. The molecule has 0 saturated carbocycles. The zero-order valence-corrected chi connectivity index (χ0v) is 18.6. The van der Waals surface area contributed by atoms with E-state index >= 15 is 0 Å². The van der Waals surface area contributed by atoms with Gasteiger partial charge in [-0.25, -0.2) is 14.8 Å². The molecule has 2 aromatic carbocycles. The summed E-state index contributed by atoms with van der Waals surface area (Å²) in [7, 11) is 3.13. The number of rotatable bonds is 7. The number of esters is 1. The van der Waals surface area contributed by atoms with Gasteiger partial charge in [0.1, 0.15) is 16.9 Å². The summed E-state index contributed by atoms with van der Waals surface area (Å²) in [6.07, 6.45) is 0.903. The number of ether oxygens (including phenoxy) is 3. The van der Waals surface area contributed by atoms with Crippen molar-refractivity contribution >= 4 is 34.0 Å². The molecule has 0 aliphatic heterocycles. The van der Waals surface area contributed by atoms with Crippen molar-refractivity contribution in [3.05, 3.63) is 48.0 Å². The third-order valence-corrected chi connectivity index (χ3v) is 5.52. The minimum atomic E-state index is -0.517. The number of nitrogens with two attached hydrogens (primary N) is 1. The molecule has 0 fully saturated rings. The fourth-order valence-electron chi connectivity index (χ4n) is 3.50. The van der Waals surface area contributed by atoms with Crippen molar-refractivity contribution in [2.24, 2.45) is 5.92 Å². The summed E-state index contributed by atoms with van der Waals surface area (Å²) in [6, 6.07) is 12.8. The Kier molecular flexibility index (Phi) is 5.85. The molecule has 0 radical (unpaired) electrons. The lowest BCUT2D eigenvalue weighted by atomic mass is 10.1. The summed E-state index contributed by atoms with van der Waals surface area (Å²) < 4.78 is 18.0. The Labute approximate surface area is 185 Å². The van der Waals surface area contributed by atoms with Crippen LogP contribution in [0.2, 0.25) is 0 Å². The number of hydrogen-bond donors (Lipinski definition) is 1. The highest BCUT2D eigenvalue weighted by Crippen LogP contribution is 2.35. The topological polar surface area (TPSA) is 101 Å². The fourth-order valence-corrected chi connectivity index (χ4v) is 3.50. The lowest BCUT2D eigenvalue weighted by Gasteiger charge is -2.12. The Bertz CT molecular complexity index is 1300. The van der Waals surface area contributed by atoms with Gasteiger partial charge in [-0.05, 0) is 30.2 Å². The standard InChI is InChI=1S/C24H26N4O4/c1-5-14(2)13-32-24(29)20-21-23(27-17-9-7-6-8-16(17)26-21)28(22(20)25)15-10-11-18(30-3)19(12-15)31-4/h6-12,14H,5,13,25H2,1-4H3. The number of nitrogens with zero attached hydrogens (tertiary/aromatic N) is 3. The number of para-hydroxylation sites is 2. The summed E-state index contributed by atoms with van der Waals surface area (Å²) in [5.74, 6) is 1.04. The molecule has 0 bridgehead atoms. The van der Waals surface area contributed by atoms with Crippen molar-refractivity contribution in [3.63, 3.8) is 0 Å². The van der Waals surface area contributed by atoms with Gasteiger partial charge in [0.25, 0.3) is 0 Å². The van der Waals surface area contributed by atoms with Gasteiger partial charge < -0.3 is 19.9 Å². The van der Waals surface area contributed by atoms with E-state index in [4.69, 9.17) is 29.9 Å². The normalized spacial score (nSPS) is 12.1. The monoisotopic (exact) mass is 434 g/mol. The van der Waals surface area contributed by atoms with Crippen LogP contribution in [0.3, 0.4) is 0 Å². The van der Waals surface area contributed by atoms with Gasteiger partial charge >= 0.3 is 5.97 Å². The molecule has 2 aromatic heterocycles. The maximum Gasteiger partial charge on any atom is 0.344 e. The summed E-state index contributed by atoms with van der Waals surface area (Å²) in [5, 5.41) is 0. The number of carbonyl (C=O) groups excluding carboxylic acids is 1. The van der Waals surface area contributed by atoms with E-state index in [0.29, 0.717) is 46.0 Å². The van der Waals surface area contributed by atoms with Gasteiger partial charge in [0.05, 0.1) is 37.5 Å². The van der Waals surface area contributed by atoms with Crippen LogP contribution in [0.15, 0.2) is 42.5 Å². The largest absolute Gasteiger partial charge is 0.493 e. The summed E-state index contributed by atoms with van der Waals surface area (Å²) in [4.78, 5) is 22.6. The minimum absolute atomic E-state index is 0.205. The van der Waals surface area contributed by atoms with Crippen LogP contribution in [0.5, 0.6) is 11.5 Å². The van der Waals surface area contributed by atoms with Crippen molar-refractivity contribution in [1.82, 2.24) is 14.5 Å². The van der Waals surface area contributed by atoms with Crippen LogP contribution in [0, 0.1) is 5.92 Å². The Hall–Kier alpha value is -3.81. The predicted octanol–water partition coefficient (Wildman–Crippen LogP) is 4.38. The van der Waals surface area contributed by atoms with Gasteiger partial charge in [-0.1, -0.05) is 32.4 Å². The first-order valence-corrected chi connectivity index (χ1v) is 10.4. The molecule has 1 atom stereocenters. The van der Waals surface area contributed by atoms with Crippen LogP contribution in [0.4, 0.5) is 5.82 Å². The van der Waals surface area contributed by atoms with E-state index < -0.39 is 5.97 Å². The summed E-state index contributed by atoms with van der Waals surface area (Å²) in [6.45, 7) is 4.38. The lowest BCUT2D eigenvalue weighted by Crippen LogP contribution is -2.13. The first kappa shape index (κ1) is 21.4. The van der Waals surface area contributed by atoms with E-state index in [0.717, 1.165) is 6.42 Å². The van der Waals surface area contributed by atoms with Crippen molar-refractivity contribution in [2.45, 2.75) is 20.3 Å². The van der Waals surface area contributed by atoms with Crippen LogP contribution in [-0.2, 0) is 4.74 Å². The molecule has 2 heterocycles. The molecule has 166 valence electrons. The summed E-state index contributed by atoms with van der Waals surface area (Å²) >= 11 is 0. The average molecular weight is 434 g/mol. The second kappa shape index (κ2) is 8.74. The first-order chi connectivity index (χ1) is 15.5. The quantitative estimate of drug-likeness (QED) is 0.431. The Morgan fingerprint density at radius 3 is 2.41 bits per heavy atom. The van der Waals surface area contributed by atoms with E-state index in [9.17, 15) is 4.79 Å². The van der Waals surface area contributed by atoms with E-state index in [1.807, 2.05) is 44.2 Å². The Balaban J connectivity index is 1.95. The molecular weight excluding hydrogens is 408 g/mol. The zero-order chi connectivity index (χ0) is 22.8. The molecule has 0 aliphatic rings. The molecule has 8 nitrogen and oxygen atoms in total. The molecule has 8 heteroatoms. The first-order valence-electron chi connectivity index (χ1n) is 10.4. The van der Waals surface area contributed by atoms with Gasteiger partial charge in [-0.2, -0.15) is 0 Å². The fraction of sp³-hybridized carbons (Fsp3) is 0.292. The van der Waals surface area contributed by atoms with Gasteiger partial charge in [0, 0.05) is 6.07 Å². The number of nitrogen functional groups attached to an aromatic ring is 1. The van der Waals surface area contributed by atoms with Crippen LogP contribution in [0.25, 0.3) is 27.9 Å². The lowest BCUT2D eigenvalue weighted by molar-refractivity contribution is 0.0450. The van der Waals surface area contributed by atoms with Crippen molar-refractivity contribution in [3.8, 4) is 17.2 Å². The molecule has 0 spiro atoms. The number of benzene rings is 2. The van der Waals surface area contributed by atoms with Gasteiger partial charge in [0.2, 0.25) is 0 Å².